The molecule has 5 nitrogen and oxygen atoms in total. The van der Waals surface area contributed by atoms with Crippen molar-refractivity contribution in [3.8, 4) is 5.75 Å². The molecule has 2 N–H and O–H groups in total. The molecule has 29 heavy (non-hydrogen) atoms. The second-order valence-corrected chi connectivity index (χ2v) is 8.60. The summed E-state index contributed by atoms with van der Waals surface area (Å²) in [6, 6.07) is 17.0. The lowest BCUT2D eigenvalue weighted by Crippen LogP contribution is -2.67. The van der Waals surface area contributed by atoms with Crippen LogP contribution >= 0.6 is 0 Å². The molecule has 5 heteroatoms. The van der Waals surface area contributed by atoms with Crippen molar-refractivity contribution in [3.05, 3.63) is 65.7 Å². The van der Waals surface area contributed by atoms with Crippen LogP contribution in [0.4, 0.5) is 0 Å². The van der Waals surface area contributed by atoms with Crippen LogP contribution in [0.5, 0.6) is 5.75 Å². The summed E-state index contributed by atoms with van der Waals surface area (Å²) in [7, 11) is 3.94. The smallest absolute Gasteiger partial charge is 0.251 e. The SMILES string of the molecule is CO[C@]12CC[C@@H](NC(=O)c3ccccc3)C[C@]1(c1cccc(O)c1)CCN(C)C2. The van der Waals surface area contributed by atoms with Crippen molar-refractivity contribution in [3.63, 3.8) is 0 Å². The molecule has 0 spiro atoms. The molecule has 1 saturated heterocycles. The van der Waals surface area contributed by atoms with Gasteiger partial charge in [0, 0.05) is 30.7 Å². The van der Waals surface area contributed by atoms with E-state index in [4.69, 9.17) is 4.74 Å². The molecule has 2 fully saturated rings. The molecule has 1 amide bonds. The second-order valence-electron chi connectivity index (χ2n) is 8.60. The third-order valence-corrected chi connectivity index (χ3v) is 6.97. The summed E-state index contributed by atoms with van der Waals surface area (Å²) < 4.78 is 6.25. The molecule has 0 radical (unpaired) electrons. The first-order valence-corrected chi connectivity index (χ1v) is 10.4. The number of ether oxygens (including phenoxy) is 1. The molecule has 154 valence electrons. The number of piperidine rings is 1. The number of amides is 1. The van der Waals surface area contributed by atoms with Gasteiger partial charge in [0.05, 0.1) is 5.60 Å². The first-order chi connectivity index (χ1) is 14.0. The monoisotopic (exact) mass is 394 g/mol. The van der Waals surface area contributed by atoms with E-state index in [0.29, 0.717) is 5.56 Å². The number of phenols is 1. The number of carbonyl (C=O) groups is 1. The Morgan fingerprint density at radius 2 is 1.97 bits per heavy atom. The number of methoxy groups -OCH3 is 1. The van der Waals surface area contributed by atoms with E-state index < -0.39 is 0 Å². The average molecular weight is 395 g/mol. The van der Waals surface area contributed by atoms with Gasteiger partial charge in [-0.15, -0.1) is 0 Å². The van der Waals surface area contributed by atoms with Crippen molar-refractivity contribution in [2.75, 3.05) is 27.2 Å². The van der Waals surface area contributed by atoms with Gasteiger partial charge in [-0.25, -0.2) is 0 Å². The maximum absolute atomic E-state index is 12.8. The maximum Gasteiger partial charge on any atom is 0.251 e. The fourth-order valence-corrected chi connectivity index (χ4v) is 5.48. The molecule has 1 saturated carbocycles. The summed E-state index contributed by atoms with van der Waals surface area (Å²) >= 11 is 0. The number of aromatic hydroxyl groups is 1. The Morgan fingerprint density at radius 1 is 1.17 bits per heavy atom. The van der Waals surface area contributed by atoms with E-state index in [1.165, 1.54) is 0 Å². The lowest BCUT2D eigenvalue weighted by atomic mass is 9.55. The summed E-state index contributed by atoms with van der Waals surface area (Å²) in [5, 5.41) is 13.4. The highest BCUT2D eigenvalue weighted by molar-refractivity contribution is 5.94. The molecule has 3 atom stereocenters. The van der Waals surface area contributed by atoms with E-state index in [0.717, 1.165) is 44.3 Å². The number of phenolic OH excluding ortho intramolecular Hbond substituents is 1. The summed E-state index contributed by atoms with van der Waals surface area (Å²) in [6.45, 7) is 1.80. The first kappa shape index (κ1) is 19.9. The number of nitrogens with one attached hydrogen (secondary N) is 1. The normalized spacial score (nSPS) is 29.8. The lowest BCUT2D eigenvalue weighted by molar-refractivity contribution is -0.144. The van der Waals surface area contributed by atoms with Gasteiger partial charge in [0.25, 0.3) is 5.91 Å². The number of rotatable bonds is 4. The number of nitrogens with zero attached hydrogens (tertiary/aromatic N) is 1. The van der Waals surface area contributed by atoms with Gasteiger partial charge in [0.1, 0.15) is 5.75 Å². The van der Waals surface area contributed by atoms with Crippen LogP contribution in [-0.2, 0) is 10.2 Å². The predicted molar refractivity (Wildman–Crippen MR) is 113 cm³/mol. The highest BCUT2D eigenvalue weighted by Gasteiger charge is 2.58. The van der Waals surface area contributed by atoms with Crippen molar-refractivity contribution in [2.45, 2.75) is 42.7 Å². The van der Waals surface area contributed by atoms with Gasteiger partial charge in [-0.3, -0.25) is 4.79 Å². The average Bonchev–Trinajstić information content (AvgIpc) is 2.74. The van der Waals surface area contributed by atoms with E-state index in [9.17, 15) is 9.90 Å². The minimum absolute atomic E-state index is 0.0282. The van der Waals surface area contributed by atoms with Crippen molar-refractivity contribution < 1.29 is 14.6 Å². The molecule has 1 aliphatic heterocycles. The second kappa shape index (κ2) is 7.81. The minimum atomic E-state index is -0.332. The summed E-state index contributed by atoms with van der Waals surface area (Å²) in [5.74, 6) is 0.246. The fourth-order valence-electron chi connectivity index (χ4n) is 5.48. The zero-order valence-corrected chi connectivity index (χ0v) is 17.2. The number of hydrogen-bond donors (Lipinski definition) is 2. The maximum atomic E-state index is 12.8. The van der Waals surface area contributed by atoms with Gasteiger partial charge >= 0.3 is 0 Å². The zero-order chi connectivity index (χ0) is 20.5. The van der Waals surface area contributed by atoms with E-state index >= 15 is 0 Å². The standard InChI is InChI=1S/C24H30N2O3/c1-26-14-13-23(19-9-6-10-21(27)15-19)16-20(11-12-24(23,17-26)29-2)25-22(28)18-7-4-3-5-8-18/h3-10,15,20,27H,11-14,16-17H2,1-2H3,(H,25,28)/t20-,23+,24+/m1/s1. The van der Waals surface area contributed by atoms with Crippen molar-refractivity contribution in [2.24, 2.45) is 0 Å². The Kier molecular flexibility index (Phi) is 5.36. The van der Waals surface area contributed by atoms with Crippen molar-refractivity contribution in [1.29, 1.82) is 0 Å². The van der Waals surface area contributed by atoms with Gasteiger partial charge < -0.3 is 20.1 Å². The van der Waals surface area contributed by atoms with Crippen LogP contribution in [0.3, 0.4) is 0 Å². The fraction of sp³-hybridized carbons (Fsp3) is 0.458. The summed E-state index contributed by atoms with van der Waals surface area (Å²) in [4.78, 5) is 15.1. The van der Waals surface area contributed by atoms with Crippen molar-refractivity contribution in [1.82, 2.24) is 10.2 Å². The van der Waals surface area contributed by atoms with E-state index in [1.807, 2.05) is 42.5 Å². The summed E-state index contributed by atoms with van der Waals surface area (Å²) in [5.41, 5.74) is 1.21. The van der Waals surface area contributed by atoms with Crippen LogP contribution in [0.15, 0.2) is 54.6 Å². The number of likely N-dealkylation sites (N-methyl/N-ethyl adjacent to an activating group) is 1. The molecule has 0 aromatic heterocycles. The highest BCUT2D eigenvalue weighted by Crippen LogP contribution is 2.53. The molecule has 2 aliphatic rings. The van der Waals surface area contributed by atoms with Crippen LogP contribution < -0.4 is 5.32 Å². The molecule has 1 heterocycles. The molecule has 1 aliphatic carbocycles. The van der Waals surface area contributed by atoms with E-state index in [2.05, 4.69) is 23.3 Å². The number of fused-ring (bicyclic) bond motifs is 1. The first-order valence-electron chi connectivity index (χ1n) is 10.4. The van der Waals surface area contributed by atoms with Crippen molar-refractivity contribution >= 4 is 5.91 Å². The number of benzene rings is 2. The van der Waals surface area contributed by atoms with Gasteiger partial charge in [-0.2, -0.15) is 0 Å². The molecule has 2 aromatic rings. The molecule has 4 rings (SSSR count). The third kappa shape index (κ3) is 3.53. The van der Waals surface area contributed by atoms with Gasteiger partial charge in [0.15, 0.2) is 0 Å². The lowest BCUT2D eigenvalue weighted by Gasteiger charge is -2.59. The number of carbonyl (C=O) groups excluding carboxylic acids is 1. The van der Waals surface area contributed by atoms with Crippen LogP contribution in [0.1, 0.15) is 41.6 Å². The molecule has 0 bridgehead atoms. The van der Waals surface area contributed by atoms with E-state index in [-0.39, 0.29) is 28.7 Å². The topological polar surface area (TPSA) is 61.8 Å². The van der Waals surface area contributed by atoms with Gasteiger partial charge in [-0.05, 0) is 69.1 Å². The van der Waals surface area contributed by atoms with E-state index in [1.54, 1.807) is 13.2 Å². The highest BCUT2D eigenvalue weighted by atomic mass is 16.5. The Hall–Kier alpha value is -2.37. The number of hydrogen-bond acceptors (Lipinski definition) is 4. The van der Waals surface area contributed by atoms with Crippen LogP contribution in [0.2, 0.25) is 0 Å². The zero-order valence-electron chi connectivity index (χ0n) is 17.2. The van der Waals surface area contributed by atoms with Crippen LogP contribution in [0.25, 0.3) is 0 Å². The van der Waals surface area contributed by atoms with Gasteiger partial charge in [0.2, 0.25) is 0 Å². The summed E-state index contributed by atoms with van der Waals surface area (Å²) in [6.07, 6.45) is 3.47. The van der Waals surface area contributed by atoms with Crippen LogP contribution in [0, 0.1) is 0 Å². The Bertz CT molecular complexity index is 871. The molecule has 2 aromatic carbocycles. The minimum Gasteiger partial charge on any atom is -0.508 e. The Labute approximate surface area is 172 Å². The molecule has 0 unspecified atom stereocenters. The molecular weight excluding hydrogens is 364 g/mol. The predicted octanol–water partition coefficient (Wildman–Crippen LogP) is 3.33. The van der Waals surface area contributed by atoms with Gasteiger partial charge in [-0.1, -0.05) is 30.3 Å². The Morgan fingerprint density at radius 3 is 2.69 bits per heavy atom. The largest absolute Gasteiger partial charge is 0.508 e. The Balaban J connectivity index is 1.67. The molecular formula is C24H30N2O3. The van der Waals surface area contributed by atoms with Crippen LogP contribution in [-0.4, -0.2) is 54.8 Å². The third-order valence-electron chi connectivity index (χ3n) is 6.97. The number of likely N-dealkylation sites (tertiary alicyclic amines) is 1. The quantitative estimate of drug-likeness (QED) is 0.835.